The molecule has 2 aromatic carbocycles. The summed E-state index contributed by atoms with van der Waals surface area (Å²) < 4.78 is 24.5. The number of carbonyl (C=O) groups excluding carboxylic acids is 4. The van der Waals surface area contributed by atoms with E-state index in [9.17, 15) is 29.1 Å². The highest BCUT2D eigenvalue weighted by Gasteiger charge is 2.27. The van der Waals surface area contributed by atoms with Gasteiger partial charge in [-0.05, 0) is 66.2 Å². The van der Waals surface area contributed by atoms with E-state index >= 15 is 0 Å². The molecule has 3 rings (SSSR count). The first-order chi connectivity index (χ1) is 37.1. The lowest BCUT2D eigenvalue weighted by Gasteiger charge is -2.20. The number of amides is 4. The number of methoxy groups -OCH3 is 1. The van der Waals surface area contributed by atoms with E-state index < -0.39 is 60.1 Å². The molecule has 434 valence electrons. The second kappa shape index (κ2) is 34.6. The van der Waals surface area contributed by atoms with Crippen LogP contribution >= 0.6 is 0 Å². The van der Waals surface area contributed by atoms with Gasteiger partial charge in [-0.3, -0.25) is 34.8 Å². The van der Waals surface area contributed by atoms with Crippen LogP contribution in [-0.4, -0.2) is 151 Å². The van der Waals surface area contributed by atoms with Gasteiger partial charge in [-0.15, -0.1) is 0 Å². The summed E-state index contributed by atoms with van der Waals surface area (Å²) in [6.07, 6.45) is 5.24. The third kappa shape index (κ3) is 23.2. The summed E-state index contributed by atoms with van der Waals surface area (Å²) >= 11 is 0. The minimum Gasteiger partial charge on any atom is -0.507 e. The van der Waals surface area contributed by atoms with Gasteiger partial charge in [0.05, 0.1) is 12.5 Å². The van der Waals surface area contributed by atoms with Gasteiger partial charge in [0, 0.05) is 101 Å². The van der Waals surface area contributed by atoms with Gasteiger partial charge < -0.3 is 88.4 Å². The fourth-order valence-electron chi connectivity index (χ4n) is 7.97. The van der Waals surface area contributed by atoms with Gasteiger partial charge in [-0.1, -0.05) is 51.0 Å². The first-order valence-corrected chi connectivity index (χ1v) is 26.7. The van der Waals surface area contributed by atoms with Crippen molar-refractivity contribution < 1.29 is 42.9 Å². The summed E-state index contributed by atoms with van der Waals surface area (Å²) in [5, 5.41) is 56.7. The Morgan fingerprint density at radius 3 is 1.51 bits per heavy atom. The normalized spacial score (nSPS) is 11.9. The van der Waals surface area contributed by atoms with Crippen molar-refractivity contribution in [3.8, 4) is 23.0 Å². The monoisotopic (exact) mass is 1090 g/mol. The number of ether oxygens (including phenoxy) is 3. The van der Waals surface area contributed by atoms with Crippen molar-refractivity contribution in [1.29, 1.82) is 10.8 Å². The predicted octanol–water partition coefficient (Wildman–Crippen LogP) is 1.34. The number of benzene rings is 2. The van der Waals surface area contributed by atoms with Crippen LogP contribution in [0.2, 0.25) is 0 Å². The van der Waals surface area contributed by atoms with E-state index in [2.05, 4.69) is 80.9 Å². The van der Waals surface area contributed by atoms with E-state index in [0.717, 1.165) is 24.2 Å². The van der Waals surface area contributed by atoms with Crippen LogP contribution in [0.3, 0.4) is 0 Å². The van der Waals surface area contributed by atoms with Crippen molar-refractivity contribution in [3.05, 3.63) is 56.8 Å². The molecule has 0 saturated heterocycles. The number of allylic oxidation sites excluding steroid dienone is 4. The van der Waals surface area contributed by atoms with Gasteiger partial charge in [-0.25, -0.2) is 0 Å². The van der Waals surface area contributed by atoms with E-state index in [4.69, 9.17) is 40.9 Å². The maximum Gasteiger partial charge on any atom is 0.258 e. The number of rotatable bonds is 37. The highest BCUT2D eigenvalue weighted by molar-refractivity contribution is 5.98. The average Bonchev–Trinajstić information content (AvgIpc) is 3.38. The fourth-order valence-corrected chi connectivity index (χ4v) is 7.97. The molecule has 17 N–H and O–H groups in total. The Labute approximate surface area is 458 Å². The number of phenolic OH excluding ortho intramolecular Hbond substituents is 1. The minimum absolute atomic E-state index is 0.0281. The molecule has 1 heterocycles. The van der Waals surface area contributed by atoms with Gasteiger partial charge in [0.25, 0.3) is 11.8 Å². The number of phenols is 1. The van der Waals surface area contributed by atoms with E-state index in [1.807, 2.05) is 39.8 Å². The smallest absolute Gasteiger partial charge is 0.258 e. The van der Waals surface area contributed by atoms with Crippen LogP contribution < -0.4 is 84.3 Å². The van der Waals surface area contributed by atoms with Crippen molar-refractivity contribution in [2.45, 2.75) is 118 Å². The van der Waals surface area contributed by atoms with Gasteiger partial charge in [0.1, 0.15) is 40.1 Å². The second-order valence-corrected chi connectivity index (χ2v) is 19.8. The van der Waals surface area contributed by atoms with Crippen molar-refractivity contribution in [2.75, 3.05) is 85.8 Å². The van der Waals surface area contributed by atoms with E-state index in [1.54, 1.807) is 0 Å². The molecule has 24 heteroatoms. The third-order valence-electron chi connectivity index (χ3n) is 11.8. The Morgan fingerprint density at radius 2 is 1.06 bits per heavy atom. The standard InChI is InChI=1S/C54H88N14O10/c1-32(2)14-16-36-40(76-30-44(69)67-38(12-10-18-65-53(55)56)51(73)63-26-22-59-20-24-61-34(5)6)28-42-47(48(36)71)49(72)46-37(17-15-33(3)4)50(75-9)43(29-41(46)78-42)77-31-45(70)68-39(13-11-19-66-54(57)58)52(74)64-27-23-60-21-25-62-35(7)8/h14-15,28-29,34-35,38-39,59-62,71H,10-13,16-27,30-31H2,1-9H3,(H,63,73)(H,64,74)(H,67,69)(H,68,70)(H4,55,56,65)(H4,57,58,66)/t38-,39-/m0/s1. The number of carbonyl (C=O) groups is 4. The Balaban J connectivity index is 1.99. The zero-order valence-corrected chi connectivity index (χ0v) is 47.1. The van der Waals surface area contributed by atoms with Crippen LogP contribution in [0.5, 0.6) is 23.0 Å². The zero-order chi connectivity index (χ0) is 57.7. The number of aromatic hydroxyl groups is 1. The molecule has 0 aliphatic heterocycles. The molecule has 0 fully saturated rings. The van der Waals surface area contributed by atoms with Crippen LogP contribution in [0, 0.1) is 10.8 Å². The van der Waals surface area contributed by atoms with Gasteiger partial charge in [0.2, 0.25) is 17.2 Å². The Bertz CT molecular complexity index is 2590. The molecule has 78 heavy (non-hydrogen) atoms. The summed E-state index contributed by atoms with van der Waals surface area (Å²) in [6, 6.07) is 1.62. The maximum absolute atomic E-state index is 14.8. The number of hydrogen-bond acceptors (Lipinski definition) is 16. The van der Waals surface area contributed by atoms with Gasteiger partial charge in [0.15, 0.2) is 36.6 Å². The Hall–Kier alpha value is -7.15. The highest BCUT2D eigenvalue weighted by Crippen LogP contribution is 2.41. The molecule has 2 atom stereocenters. The molecular formula is C54H88N14O10. The van der Waals surface area contributed by atoms with Crippen LogP contribution in [0.15, 0.2) is 44.6 Å². The molecule has 0 saturated carbocycles. The Kier molecular flexibility index (Phi) is 28.9. The fraction of sp³-hybridized carbons (Fsp3) is 0.574. The van der Waals surface area contributed by atoms with E-state index in [-0.39, 0.29) is 82.4 Å². The number of nitrogens with two attached hydrogens (primary N) is 2. The van der Waals surface area contributed by atoms with Crippen molar-refractivity contribution in [2.24, 2.45) is 11.5 Å². The largest absolute Gasteiger partial charge is 0.507 e. The van der Waals surface area contributed by atoms with E-state index in [1.165, 1.54) is 19.2 Å². The number of hydrogen-bond donors (Lipinski definition) is 15. The van der Waals surface area contributed by atoms with Gasteiger partial charge >= 0.3 is 0 Å². The molecule has 0 radical (unpaired) electrons. The molecule has 0 bridgehead atoms. The molecule has 0 aliphatic rings. The van der Waals surface area contributed by atoms with Crippen LogP contribution in [0.1, 0.15) is 92.2 Å². The SMILES string of the molecule is COc1c(OCC(=O)N[C@@H](CCCNC(=N)N)C(=O)NCCNCCNC(C)C)cc2oc3cc(OCC(=O)N[C@@H](CCCNC(=N)N)C(=O)NCCNCCNC(C)C)c(CC=C(C)C)c(O)c3c(=O)c2c1CC=C(C)C. The molecular weight excluding hydrogens is 1000 g/mol. The summed E-state index contributed by atoms with van der Waals surface area (Å²) in [6.45, 7) is 19.8. The third-order valence-corrected chi connectivity index (χ3v) is 11.8. The summed E-state index contributed by atoms with van der Waals surface area (Å²) in [4.78, 5) is 68.8. The minimum atomic E-state index is -0.959. The topological polar surface area (TPSA) is 366 Å². The quantitative estimate of drug-likeness (QED) is 0.0127. The molecule has 0 unspecified atom stereocenters. The number of nitrogens with one attached hydrogen (secondary N) is 12. The lowest BCUT2D eigenvalue weighted by molar-refractivity contribution is -0.130. The summed E-state index contributed by atoms with van der Waals surface area (Å²) in [5.74, 6) is -2.72. The lowest BCUT2D eigenvalue weighted by Crippen LogP contribution is -2.49. The van der Waals surface area contributed by atoms with Crippen molar-refractivity contribution in [1.82, 2.24) is 53.2 Å². The molecule has 0 spiro atoms. The summed E-state index contributed by atoms with van der Waals surface area (Å²) in [5.41, 5.74) is 12.7. The molecule has 0 aliphatic carbocycles. The molecule has 24 nitrogen and oxygen atoms in total. The van der Waals surface area contributed by atoms with Crippen molar-refractivity contribution in [3.63, 3.8) is 0 Å². The first kappa shape index (κ1) is 65.1. The average molecular weight is 1090 g/mol. The van der Waals surface area contributed by atoms with Crippen LogP contribution in [0.4, 0.5) is 0 Å². The Morgan fingerprint density at radius 1 is 0.628 bits per heavy atom. The highest BCUT2D eigenvalue weighted by atomic mass is 16.5. The van der Waals surface area contributed by atoms with Gasteiger partial charge in [-0.2, -0.15) is 0 Å². The van der Waals surface area contributed by atoms with Crippen LogP contribution in [0.25, 0.3) is 21.9 Å². The molecule has 4 amide bonds. The number of guanidine groups is 2. The summed E-state index contributed by atoms with van der Waals surface area (Å²) in [7, 11) is 1.40. The zero-order valence-electron chi connectivity index (χ0n) is 47.1. The molecule has 1 aromatic heterocycles. The lowest BCUT2D eigenvalue weighted by atomic mass is 9.98. The van der Waals surface area contributed by atoms with Crippen molar-refractivity contribution >= 4 is 57.5 Å². The predicted molar refractivity (Wildman–Crippen MR) is 306 cm³/mol. The maximum atomic E-state index is 14.8. The molecule has 3 aromatic rings. The first-order valence-electron chi connectivity index (χ1n) is 26.7. The second-order valence-electron chi connectivity index (χ2n) is 19.8. The number of fused-ring (bicyclic) bond motifs is 2. The van der Waals surface area contributed by atoms with Crippen LogP contribution in [-0.2, 0) is 32.0 Å². The van der Waals surface area contributed by atoms with E-state index in [0.29, 0.717) is 82.8 Å².